The summed E-state index contributed by atoms with van der Waals surface area (Å²) in [4.78, 5) is 14.5. The zero-order chi connectivity index (χ0) is 13.3. The van der Waals surface area contributed by atoms with Crippen LogP contribution in [-0.2, 0) is 4.74 Å². The summed E-state index contributed by atoms with van der Waals surface area (Å²) >= 11 is 5.68. The summed E-state index contributed by atoms with van der Waals surface area (Å²) in [5.74, 6) is -0.877. The average molecular weight is 272 g/mol. The molecule has 1 N–H and O–H groups in total. The Balaban J connectivity index is 2.64. The Kier molecular flexibility index (Phi) is 3.43. The molecule has 0 unspecified atom stereocenters. The van der Waals surface area contributed by atoms with E-state index in [0.29, 0.717) is 10.9 Å². The molecule has 0 aliphatic rings. The minimum Gasteiger partial charge on any atom is -0.494 e. The molecule has 0 radical (unpaired) electrons. The van der Waals surface area contributed by atoms with Gasteiger partial charge in [-0.05, 0) is 19.1 Å². The van der Waals surface area contributed by atoms with E-state index in [-0.39, 0.29) is 23.1 Å². The lowest BCUT2D eigenvalue weighted by molar-refractivity contribution is 0.0517. The van der Waals surface area contributed by atoms with Gasteiger partial charge in [-0.1, -0.05) is 11.6 Å². The molecule has 0 aliphatic carbocycles. The van der Waals surface area contributed by atoms with Crippen LogP contribution in [-0.4, -0.2) is 24.7 Å². The standard InChI is InChI=1S/C12H11ClFNO3/c1-3-18-12(16)10-11(17-2)6-4-8(14)7(13)5-9(6)15-10/h4-5,15H,3H2,1-2H3. The van der Waals surface area contributed by atoms with Crippen molar-refractivity contribution in [2.75, 3.05) is 13.7 Å². The van der Waals surface area contributed by atoms with Gasteiger partial charge in [-0.2, -0.15) is 0 Å². The third-order valence-corrected chi connectivity index (χ3v) is 2.77. The Bertz CT molecular complexity index is 609. The third-order valence-electron chi connectivity index (χ3n) is 2.48. The normalized spacial score (nSPS) is 10.7. The number of esters is 1. The van der Waals surface area contributed by atoms with Crippen molar-refractivity contribution in [3.05, 3.63) is 28.7 Å². The van der Waals surface area contributed by atoms with Crippen molar-refractivity contribution in [2.45, 2.75) is 6.92 Å². The van der Waals surface area contributed by atoms with Gasteiger partial charge >= 0.3 is 5.97 Å². The molecule has 6 heteroatoms. The van der Waals surface area contributed by atoms with E-state index < -0.39 is 11.8 Å². The summed E-state index contributed by atoms with van der Waals surface area (Å²) in [6, 6.07) is 2.62. The molecule has 1 aromatic carbocycles. The molecule has 96 valence electrons. The van der Waals surface area contributed by atoms with E-state index >= 15 is 0 Å². The topological polar surface area (TPSA) is 51.3 Å². The number of hydrogen-bond acceptors (Lipinski definition) is 3. The molecule has 0 fully saturated rings. The van der Waals surface area contributed by atoms with Crippen LogP contribution in [0, 0.1) is 5.82 Å². The lowest BCUT2D eigenvalue weighted by Gasteiger charge is -2.02. The highest BCUT2D eigenvalue weighted by molar-refractivity contribution is 6.31. The number of H-pyrrole nitrogens is 1. The SMILES string of the molecule is CCOC(=O)c1[nH]c2cc(Cl)c(F)cc2c1OC. The van der Waals surface area contributed by atoms with Crippen LogP contribution in [0.5, 0.6) is 5.75 Å². The van der Waals surface area contributed by atoms with Crippen LogP contribution < -0.4 is 4.74 Å². The van der Waals surface area contributed by atoms with Crippen molar-refractivity contribution in [1.29, 1.82) is 0 Å². The first-order chi connectivity index (χ1) is 8.58. The van der Waals surface area contributed by atoms with Crippen LogP contribution >= 0.6 is 11.6 Å². The Labute approximate surface area is 108 Å². The zero-order valence-corrected chi connectivity index (χ0v) is 10.6. The molecule has 18 heavy (non-hydrogen) atoms. The van der Waals surface area contributed by atoms with E-state index in [1.54, 1.807) is 6.92 Å². The third kappa shape index (κ3) is 2.01. The van der Waals surface area contributed by atoms with Gasteiger partial charge in [0.15, 0.2) is 11.4 Å². The van der Waals surface area contributed by atoms with Crippen LogP contribution in [0.4, 0.5) is 4.39 Å². The number of aromatic nitrogens is 1. The number of nitrogens with one attached hydrogen (secondary N) is 1. The van der Waals surface area contributed by atoms with Gasteiger partial charge in [0, 0.05) is 5.39 Å². The molecule has 0 spiro atoms. The summed E-state index contributed by atoms with van der Waals surface area (Å²) in [6.45, 7) is 1.94. The molecular formula is C12H11ClFNO3. The summed E-state index contributed by atoms with van der Waals surface area (Å²) in [5, 5.41) is 0.421. The number of methoxy groups -OCH3 is 1. The molecule has 1 heterocycles. The second kappa shape index (κ2) is 4.86. The van der Waals surface area contributed by atoms with Gasteiger partial charge in [-0.15, -0.1) is 0 Å². The Morgan fingerprint density at radius 2 is 2.22 bits per heavy atom. The smallest absolute Gasteiger partial charge is 0.358 e. The van der Waals surface area contributed by atoms with E-state index in [0.717, 1.165) is 0 Å². The number of aromatic amines is 1. The number of ether oxygens (including phenoxy) is 2. The lowest BCUT2D eigenvalue weighted by atomic mass is 10.2. The Morgan fingerprint density at radius 1 is 1.50 bits per heavy atom. The highest BCUT2D eigenvalue weighted by Gasteiger charge is 2.20. The van der Waals surface area contributed by atoms with Gasteiger partial charge in [0.05, 0.1) is 24.3 Å². The molecule has 1 aromatic heterocycles. The summed E-state index contributed by atoms with van der Waals surface area (Å²) in [5.41, 5.74) is 0.664. The molecule has 2 rings (SSSR count). The molecular weight excluding hydrogens is 261 g/mol. The number of fused-ring (bicyclic) bond motifs is 1. The minimum absolute atomic E-state index is 0.0261. The molecule has 0 atom stereocenters. The second-order valence-corrected chi connectivity index (χ2v) is 3.97. The van der Waals surface area contributed by atoms with Crippen molar-refractivity contribution < 1.29 is 18.7 Å². The number of halogens is 2. The monoisotopic (exact) mass is 271 g/mol. The fourth-order valence-electron chi connectivity index (χ4n) is 1.72. The molecule has 2 aromatic rings. The highest BCUT2D eigenvalue weighted by atomic mass is 35.5. The number of rotatable bonds is 3. The molecule has 4 nitrogen and oxygen atoms in total. The van der Waals surface area contributed by atoms with E-state index in [1.165, 1.54) is 19.2 Å². The molecule has 0 amide bonds. The molecule has 0 bridgehead atoms. The first-order valence-corrected chi connectivity index (χ1v) is 5.68. The van der Waals surface area contributed by atoms with Crippen LogP contribution in [0.25, 0.3) is 10.9 Å². The summed E-state index contributed by atoms with van der Waals surface area (Å²) < 4.78 is 23.4. The minimum atomic E-state index is -0.572. The number of carbonyl (C=O) groups is 1. The average Bonchev–Trinajstić information content (AvgIpc) is 2.68. The van der Waals surface area contributed by atoms with Crippen molar-refractivity contribution in [1.82, 2.24) is 4.98 Å². The fraction of sp³-hybridized carbons (Fsp3) is 0.250. The van der Waals surface area contributed by atoms with Gasteiger partial charge < -0.3 is 14.5 Å². The zero-order valence-electron chi connectivity index (χ0n) is 9.84. The van der Waals surface area contributed by atoms with Gasteiger partial charge in [0.2, 0.25) is 0 Å². The van der Waals surface area contributed by atoms with Gasteiger partial charge in [0.25, 0.3) is 0 Å². The molecule has 0 saturated carbocycles. The predicted molar refractivity (Wildman–Crippen MR) is 65.8 cm³/mol. The highest BCUT2D eigenvalue weighted by Crippen LogP contribution is 2.33. The Hall–Kier alpha value is -1.75. The van der Waals surface area contributed by atoms with E-state index in [4.69, 9.17) is 21.1 Å². The maximum absolute atomic E-state index is 13.4. The molecule has 0 aliphatic heterocycles. The first kappa shape index (κ1) is 12.7. The Morgan fingerprint density at radius 3 is 2.83 bits per heavy atom. The second-order valence-electron chi connectivity index (χ2n) is 3.57. The summed E-state index contributed by atoms with van der Waals surface area (Å²) in [7, 11) is 1.40. The summed E-state index contributed by atoms with van der Waals surface area (Å²) in [6.07, 6.45) is 0. The quantitative estimate of drug-likeness (QED) is 0.873. The number of carbonyl (C=O) groups excluding carboxylic acids is 1. The van der Waals surface area contributed by atoms with Crippen molar-refractivity contribution >= 4 is 28.5 Å². The van der Waals surface area contributed by atoms with Crippen molar-refractivity contribution in [2.24, 2.45) is 0 Å². The number of benzene rings is 1. The predicted octanol–water partition coefficient (Wildman–Crippen LogP) is 3.15. The number of hydrogen-bond donors (Lipinski definition) is 1. The van der Waals surface area contributed by atoms with Gasteiger partial charge in [0.1, 0.15) is 5.82 Å². The van der Waals surface area contributed by atoms with Crippen LogP contribution in [0.2, 0.25) is 5.02 Å². The van der Waals surface area contributed by atoms with Crippen molar-refractivity contribution in [3.63, 3.8) is 0 Å². The van der Waals surface area contributed by atoms with E-state index in [1.807, 2.05) is 0 Å². The lowest BCUT2D eigenvalue weighted by Crippen LogP contribution is -2.06. The first-order valence-electron chi connectivity index (χ1n) is 5.30. The van der Waals surface area contributed by atoms with Crippen LogP contribution in [0.1, 0.15) is 17.4 Å². The largest absolute Gasteiger partial charge is 0.494 e. The van der Waals surface area contributed by atoms with Crippen molar-refractivity contribution in [3.8, 4) is 5.75 Å². The fourth-order valence-corrected chi connectivity index (χ4v) is 1.89. The maximum Gasteiger partial charge on any atom is 0.358 e. The van der Waals surface area contributed by atoms with E-state index in [2.05, 4.69) is 4.98 Å². The maximum atomic E-state index is 13.4. The van der Waals surface area contributed by atoms with Gasteiger partial charge in [-0.3, -0.25) is 0 Å². The van der Waals surface area contributed by atoms with Crippen LogP contribution in [0.3, 0.4) is 0 Å². The molecule has 0 saturated heterocycles. The van der Waals surface area contributed by atoms with E-state index in [9.17, 15) is 9.18 Å². The van der Waals surface area contributed by atoms with Crippen LogP contribution in [0.15, 0.2) is 12.1 Å². The van der Waals surface area contributed by atoms with Gasteiger partial charge in [-0.25, -0.2) is 9.18 Å².